The van der Waals surface area contributed by atoms with Gasteiger partial charge < -0.3 is 22.9 Å². The molecule has 0 saturated heterocycles. The van der Waals surface area contributed by atoms with Gasteiger partial charge in [0.1, 0.15) is 0 Å². The minimum atomic E-state index is 0.504. The zero-order chi connectivity index (χ0) is 24.2. The molecule has 3 aromatic rings. The number of hydrogen-bond acceptors (Lipinski definition) is 4. The predicted octanol–water partition coefficient (Wildman–Crippen LogP) is 4.91. The van der Waals surface area contributed by atoms with Crippen LogP contribution in [0.25, 0.3) is 46.6 Å². The molecule has 0 aromatic heterocycles. The largest absolute Gasteiger partial charge is 0.327 e. The lowest BCUT2D eigenvalue weighted by molar-refractivity contribution is 1.26. The van der Waals surface area contributed by atoms with Crippen LogP contribution in [0, 0.1) is 0 Å². The number of hydrogen-bond donors (Lipinski definition) is 4. The molecule has 0 saturated carbocycles. The summed E-state index contributed by atoms with van der Waals surface area (Å²) >= 11 is 0. The molecule has 174 valence electrons. The Bertz CT molecular complexity index is 1050. The smallest absolute Gasteiger partial charge is 0.0110 e. The van der Waals surface area contributed by atoms with E-state index in [1.165, 1.54) is 0 Å². The molecule has 34 heavy (non-hydrogen) atoms. The van der Waals surface area contributed by atoms with Crippen LogP contribution in [-0.2, 0) is 0 Å². The summed E-state index contributed by atoms with van der Waals surface area (Å²) in [4.78, 5) is 0. The van der Waals surface area contributed by atoms with E-state index in [1.54, 1.807) is 0 Å². The highest BCUT2D eigenvalue weighted by atomic mass is 14.5. The van der Waals surface area contributed by atoms with E-state index in [9.17, 15) is 0 Å². The first-order chi connectivity index (χ1) is 16.7. The van der Waals surface area contributed by atoms with Crippen molar-refractivity contribution in [2.24, 2.45) is 22.9 Å². The molecule has 0 spiro atoms. The number of rotatable bonds is 10. The highest BCUT2D eigenvalue weighted by Gasteiger charge is 2.06. The van der Waals surface area contributed by atoms with Gasteiger partial charge in [0.05, 0.1) is 0 Å². The van der Waals surface area contributed by atoms with E-state index >= 15 is 0 Å². The maximum atomic E-state index is 5.67. The molecule has 4 heteroatoms. The van der Waals surface area contributed by atoms with Gasteiger partial charge in [0.15, 0.2) is 0 Å². The Morgan fingerprint density at radius 3 is 1.03 bits per heavy atom. The minimum absolute atomic E-state index is 0.504. The molecule has 0 bridgehead atoms. The molecular weight excluding hydrogens is 416 g/mol. The fraction of sp³-hybridized carbons (Fsp3) is 0.133. The SMILES string of the molecule is NCC=Cc1cc(C=CCN)cc(-c2cccc(-c3cc(C=CCN)cc(C=CCN)c3)c2)c1. The van der Waals surface area contributed by atoms with Crippen LogP contribution in [-0.4, -0.2) is 26.2 Å². The van der Waals surface area contributed by atoms with Crippen LogP contribution in [0.5, 0.6) is 0 Å². The Kier molecular flexibility index (Phi) is 9.77. The van der Waals surface area contributed by atoms with Crippen molar-refractivity contribution in [2.75, 3.05) is 26.2 Å². The van der Waals surface area contributed by atoms with Crippen molar-refractivity contribution in [3.05, 3.63) is 107 Å². The second-order valence-corrected chi connectivity index (χ2v) is 7.91. The summed E-state index contributed by atoms with van der Waals surface area (Å²) < 4.78 is 0. The predicted molar refractivity (Wildman–Crippen MR) is 150 cm³/mol. The van der Waals surface area contributed by atoms with Crippen LogP contribution >= 0.6 is 0 Å². The molecule has 0 aliphatic heterocycles. The van der Waals surface area contributed by atoms with Crippen molar-refractivity contribution < 1.29 is 0 Å². The summed E-state index contributed by atoms with van der Waals surface area (Å²) in [5, 5.41) is 0. The maximum absolute atomic E-state index is 5.67. The summed E-state index contributed by atoms with van der Waals surface area (Å²) in [7, 11) is 0. The molecule has 0 atom stereocenters. The van der Waals surface area contributed by atoms with Crippen molar-refractivity contribution >= 4 is 24.3 Å². The van der Waals surface area contributed by atoms with Crippen molar-refractivity contribution in [1.29, 1.82) is 0 Å². The van der Waals surface area contributed by atoms with Crippen LogP contribution < -0.4 is 22.9 Å². The molecule has 0 aliphatic rings. The Labute approximate surface area is 203 Å². The first-order valence-corrected chi connectivity index (χ1v) is 11.5. The van der Waals surface area contributed by atoms with Crippen molar-refractivity contribution in [3.63, 3.8) is 0 Å². The second-order valence-electron chi connectivity index (χ2n) is 7.91. The monoisotopic (exact) mass is 450 g/mol. The van der Waals surface area contributed by atoms with Gasteiger partial charge in [-0.2, -0.15) is 0 Å². The van der Waals surface area contributed by atoms with E-state index in [4.69, 9.17) is 22.9 Å². The van der Waals surface area contributed by atoms with E-state index in [0.29, 0.717) is 26.2 Å². The van der Waals surface area contributed by atoms with Crippen LogP contribution in [0.4, 0.5) is 0 Å². The topological polar surface area (TPSA) is 104 Å². The third-order valence-electron chi connectivity index (χ3n) is 5.27. The molecule has 3 aromatic carbocycles. The van der Waals surface area contributed by atoms with Crippen molar-refractivity contribution in [2.45, 2.75) is 0 Å². The van der Waals surface area contributed by atoms with E-state index < -0.39 is 0 Å². The molecule has 0 unspecified atom stereocenters. The van der Waals surface area contributed by atoms with Crippen LogP contribution in [0.1, 0.15) is 22.3 Å². The summed E-state index contributed by atoms with van der Waals surface area (Å²) in [5.41, 5.74) is 31.7. The minimum Gasteiger partial charge on any atom is -0.327 e. The zero-order valence-corrected chi connectivity index (χ0v) is 19.5. The Balaban J connectivity index is 2.08. The van der Waals surface area contributed by atoms with Gasteiger partial charge in [-0.15, -0.1) is 0 Å². The van der Waals surface area contributed by atoms with Crippen LogP contribution in [0.15, 0.2) is 85.0 Å². The highest BCUT2D eigenvalue weighted by molar-refractivity contribution is 5.78. The Morgan fingerprint density at radius 1 is 0.412 bits per heavy atom. The molecule has 4 nitrogen and oxygen atoms in total. The van der Waals surface area contributed by atoms with E-state index in [0.717, 1.165) is 44.5 Å². The molecule has 8 N–H and O–H groups in total. The molecule has 3 rings (SSSR count). The average molecular weight is 451 g/mol. The first kappa shape index (κ1) is 25.1. The molecule has 0 radical (unpaired) electrons. The molecule has 0 fully saturated rings. The van der Waals surface area contributed by atoms with Crippen molar-refractivity contribution in [3.8, 4) is 22.3 Å². The fourth-order valence-electron chi connectivity index (χ4n) is 3.77. The van der Waals surface area contributed by atoms with E-state index in [1.807, 2.05) is 24.3 Å². The van der Waals surface area contributed by atoms with Crippen molar-refractivity contribution in [1.82, 2.24) is 0 Å². The van der Waals surface area contributed by atoms with Gasteiger partial charge in [0, 0.05) is 26.2 Å². The number of nitrogens with two attached hydrogens (primary N) is 4. The first-order valence-electron chi connectivity index (χ1n) is 11.5. The highest BCUT2D eigenvalue weighted by Crippen LogP contribution is 2.30. The molecular formula is C30H34N4. The Morgan fingerprint density at radius 2 is 0.735 bits per heavy atom. The lowest BCUT2D eigenvalue weighted by Gasteiger charge is -2.10. The lowest BCUT2D eigenvalue weighted by Crippen LogP contribution is -1.93. The van der Waals surface area contributed by atoms with Gasteiger partial charge in [-0.1, -0.05) is 66.8 Å². The normalized spacial score (nSPS) is 12.1. The van der Waals surface area contributed by atoms with Gasteiger partial charge in [0.2, 0.25) is 0 Å². The van der Waals surface area contributed by atoms with Gasteiger partial charge >= 0.3 is 0 Å². The van der Waals surface area contributed by atoms with Gasteiger partial charge in [-0.25, -0.2) is 0 Å². The van der Waals surface area contributed by atoms with Gasteiger partial charge in [-0.05, 0) is 87.0 Å². The van der Waals surface area contributed by atoms with E-state index in [2.05, 4.69) is 85.0 Å². The number of benzene rings is 3. The van der Waals surface area contributed by atoms with Gasteiger partial charge in [-0.3, -0.25) is 0 Å². The third-order valence-corrected chi connectivity index (χ3v) is 5.27. The maximum Gasteiger partial charge on any atom is 0.0110 e. The lowest BCUT2D eigenvalue weighted by atomic mass is 9.94. The van der Waals surface area contributed by atoms with Gasteiger partial charge in [0.25, 0.3) is 0 Å². The van der Waals surface area contributed by atoms with Crippen LogP contribution in [0.3, 0.4) is 0 Å². The molecule has 0 heterocycles. The Hall–Kier alpha value is -3.54. The third kappa shape index (κ3) is 7.24. The summed E-state index contributed by atoms with van der Waals surface area (Å²) in [6.45, 7) is 2.01. The molecule has 0 amide bonds. The second kappa shape index (κ2) is 13.2. The van der Waals surface area contributed by atoms with Crippen LogP contribution in [0.2, 0.25) is 0 Å². The summed E-state index contributed by atoms with van der Waals surface area (Å²) in [6, 6.07) is 21.6. The quantitative estimate of drug-likeness (QED) is 0.352. The standard InChI is InChI=1S/C30H34N4/c31-12-2-6-23-16-24(7-3-13-32)19-29(18-23)27-10-1-11-28(22-27)30-20-25(8-4-14-33)17-26(21-30)9-5-15-34/h1-11,16-22H,12-15,31-34H2. The summed E-state index contributed by atoms with van der Waals surface area (Å²) in [6.07, 6.45) is 16.1. The zero-order valence-electron chi connectivity index (χ0n) is 19.5. The van der Waals surface area contributed by atoms with E-state index in [-0.39, 0.29) is 0 Å². The average Bonchev–Trinajstić information content (AvgIpc) is 2.88. The summed E-state index contributed by atoms with van der Waals surface area (Å²) in [5.74, 6) is 0. The fourth-order valence-corrected chi connectivity index (χ4v) is 3.77. The molecule has 0 aliphatic carbocycles.